The van der Waals surface area contributed by atoms with Crippen LogP contribution in [0.1, 0.15) is 12.5 Å². The molecule has 0 aliphatic rings. The van der Waals surface area contributed by atoms with Crippen LogP contribution in [0.4, 0.5) is 0 Å². The molecule has 20 heavy (non-hydrogen) atoms. The lowest BCUT2D eigenvalue weighted by Crippen LogP contribution is -2.43. The molecule has 3 N–H and O–H groups in total. The third-order valence-corrected chi connectivity index (χ3v) is 6.70. The maximum atomic E-state index is 12.6. The molecule has 1 rings (SSSR count). The number of nitrogens with two attached hydrogens (primary N) is 1. The topological polar surface area (TPSA) is 96.0 Å². The van der Waals surface area contributed by atoms with E-state index in [-0.39, 0.29) is 10.7 Å². The molecule has 0 radical (unpaired) electrons. The van der Waals surface area contributed by atoms with Gasteiger partial charge in [-0.1, -0.05) is 21.1 Å². The Morgan fingerprint density at radius 2 is 1.95 bits per heavy atom. The number of likely N-dealkylation sites (N-methyl/N-ethyl adjacent to an activating group) is 1. The van der Waals surface area contributed by atoms with E-state index >= 15 is 0 Å². The Balaban J connectivity index is 3.34. The minimum atomic E-state index is -3.78. The summed E-state index contributed by atoms with van der Waals surface area (Å²) in [5.74, 6) is -0.182. The number of amidine groups is 1. The predicted octanol–water partition coefficient (Wildman–Crippen LogP) is 2.28. The lowest BCUT2D eigenvalue weighted by Gasteiger charge is -2.24. The van der Waals surface area contributed by atoms with Gasteiger partial charge in [-0.05, 0) is 47.5 Å². The predicted molar refractivity (Wildman–Crippen MR) is 84.4 cm³/mol. The Bertz CT molecular complexity index is 647. The lowest BCUT2D eigenvalue weighted by molar-refractivity contribution is 0.311. The first-order valence-electron chi connectivity index (χ1n) is 5.54. The highest BCUT2D eigenvalue weighted by Gasteiger charge is 2.29. The number of sulfonamides is 1. The zero-order valence-corrected chi connectivity index (χ0v) is 15.1. The molecule has 1 unspecified atom stereocenters. The average molecular weight is 429 g/mol. The number of nitrogens with zero attached hydrogens (tertiary/aromatic N) is 2. The summed E-state index contributed by atoms with van der Waals surface area (Å²) in [7, 11) is -2.41. The fourth-order valence-electron chi connectivity index (χ4n) is 1.46. The molecule has 0 saturated carbocycles. The van der Waals surface area contributed by atoms with Gasteiger partial charge in [0.25, 0.3) is 0 Å². The summed E-state index contributed by atoms with van der Waals surface area (Å²) in [5, 5.41) is 11.5. The monoisotopic (exact) mass is 427 g/mol. The largest absolute Gasteiger partial charge is 0.409 e. The van der Waals surface area contributed by atoms with E-state index in [1.54, 1.807) is 6.07 Å². The first-order valence-corrected chi connectivity index (χ1v) is 8.56. The van der Waals surface area contributed by atoms with Crippen LogP contribution in [0.5, 0.6) is 0 Å². The third-order valence-electron chi connectivity index (χ3n) is 2.96. The average Bonchev–Trinajstić information content (AvgIpc) is 2.39. The van der Waals surface area contributed by atoms with E-state index in [0.29, 0.717) is 8.95 Å². The van der Waals surface area contributed by atoms with Crippen molar-refractivity contribution in [1.29, 1.82) is 0 Å². The quantitative estimate of drug-likeness (QED) is 0.332. The first kappa shape index (κ1) is 17.4. The van der Waals surface area contributed by atoms with Gasteiger partial charge < -0.3 is 10.9 Å². The smallest absolute Gasteiger partial charge is 0.244 e. The van der Waals surface area contributed by atoms with Gasteiger partial charge in [-0.2, -0.15) is 4.31 Å². The minimum absolute atomic E-state index is 0.107. The van der Waals surface area contributed by atoms with Gasteiger partial charge >= 0.3 is 0 Å². The number of aryl methyl sites for hydroxylation is 1. The number of benzene rings is 1. The van der Waals surface area contributed by atoms with Crippen LogP contribution < -0.4 is 5.73 Å². The molecule has 6 nitrogen and oxygen atoms in total. The summed E-state index contributed by atoms with van der Waals surface area (Å²) in [5.41, 5.74) is 6.36. The normalized spacial score (nSPS) is 14.6. The summed E-state index contributed by atoms with van der Waals surface area (Å²) in [6.45, 7) is 3.39. The molecule has 1 aromatic rings. The summed E-state index contributed by atoms with van der Waals surface area (Å²) < 4.78 is 27.3. The van der Waals surface area contributed by atoms with Gasteiger partial charge in [-0.25, -0.2) is 8.42 Å². The van der Waals surface area contributed by atoms with Crippen molar-refractivity contribution in [3.63, 3.8) is 0 Å². The molecule has 1 atom stereocenters. The molecule has 0 aliphatic heterocycles. The van der Waals surface area contributed by atoms with Gasteiger partial charge in [0.2, 0.25) is 10.0 Å². The van der Waals surface area contributed by atoms with Gasteiger partial charge in [0.1, 0.15) is 0 Å². The Morgan fingerprint density at radius 1 is 1.40 bits per heavy atom. The van der Waals surface area contributed by atoms with Crippen molar-refractivity contribution in [2.75, 3.05) is 7.05 Å². The van der Waals surface area contributed by atoms with Crippen molar-refractivity contribution in [1.82, 2.24) is 4.31 Å². The van der Waals surface area contributed by atoms with Gasteiger partial charge in [0.05, 0.1) is 10.9 Å². The SMILES string of the molecule is Cc1cc(Br)c(S(=O)(=O)N(C)C(C)/C(N)=N/O)cc1Br. The van der Waals surface area contributed by atoms with E-state index in [0.717, 1.165) is 9.87 Å². The van der Waals surface area contributed by atoms with E-state index in [9.17, 15) is 8.42 Å². The Labute approximate surface area is 134 Å². The molecular formula is C11H15Br2N3O3S. The van der Waals surface area contributed by atoms with Crippen molar-refractivity contribution in [3.05, 3.63) is 26.6 Å². The molecule has 0 bridgehead atoms. The fourth-order valence-corrected chi connectivity index (χ4v) is 4.43. The van der Waals surface area contributed by atoms with E-state index in [2.05, 4.69) is 37.0 Å². The first-order chi connectivity index (χ1) is 9.12. The Hall–Kier alpha value is -0.640. The van der Waals surface area contributed by atoms with Gasteiger partial charge in [0.15, 0.2) is 5.84 Å². The Kier molecular flexibility index (Phi) is 5.59. The van der Waals surface area contributed by atoms with E-state index < -0.39 is 16.1 Å². The second kappa shape index (κ2) is 6.42. The summed E-state index contributed by atoms with van der Waals surface area (Å²) in [6, 6.07) is 2.46. The van der Waals surface area contributed by atoms with Crippen LogP contribution >= 0.6 is 31.9 Å². The third kappa shape index (κ3) is 3.33. The van der Waals surface area contributed by atoms with Crippen LogP contribution in [0.25, 0.3) is 0 Å². The number of oxime groups is 1. The molecule has 0 aliphatic carbocycles. The van der Waals surface area contributed by atoms with Gasteiger partial charge in [-0.3, -0.25) is 0 Å². The van der Waals surface area contributed by atoms with Crippen molar-refractivity contribution >= 4 is 47.7 Å². The van der Waals surface area contributed by atoms with Crippen molar-refractivity contribution in [2.24, 2.45) is 10.9 Å². The van der Waals surface area contributed by atoms with Crippen molar-refractivity contribution < 1.29 is 13.6 Å². The zero-order chi connectivity index (χ0) is 15.7. The standard InChI is InChI=1S/C11H15Br2N3O3S/c1-6-4-9(13)10(5-8(6)12)20(18,19)16(3)7(2)11(14)15-17/h4-5,7,17H,1-3H3,(H2,14,15). The van der Waals surface area contributed by atoms with Crippen LogP contribution in [0.15, 0.2) is 31.1 Å². The van der Waals surface area contributed by atoms with Crippen LogP contribution in [0.2, 0.25) is 0 Å². The molecule has 1 aromatic carbocycles. The second-order valence-electron chi connectivity index (χ2n) is 4.25. The molecular weight excluding hydrogens is 414 g/mol. The summed E-state index contributed by atoms with van der Waals surface area (Å²) in [4.78, 5) is 0.107. The molecule has 0 fully saturated rings. The van der Waals surface area contributed by atoms with E-state index in [4.69, 9.17) is 10.9 Å². The molecule has 0 amide bonds. The highest BCUT2D eigenvalue weighted by atomic mass is 79.9. The molecule has 0 saturated heterocycles. The van der Waals surface area contributed by atoms with Crippen LogP contribution in [0.3, 0.4) is 0 Å². The molecule has 0 heterocycles. The van der Waals surface area contributed by atoms with Crippen LogP contribution in [-0.4, -0.2) is 36.9 Å². The lowest BCUT2D eigenvalue weighted by atomic mass is 10.2. The van der Waals surface area contributed by atoms with Crippen molar-refractivity contribution in [3.8, 4) is 0 Å². The zero-order valence-electron chi connectivity index (χ0n) is 11.1. The second-order valence-corrected chi connectivity index (χ2v) is 7.93. The number of hydrogen-bond donors (Lipinski definition) is 2. The Morgan fingerprint density at radius 3 is 2.45 bits per heavy atom. The number of halogens is 2. The summed E-state index contributed by atoms with van der Waals surface area (Å²) in [6.07, 6.45) is 0. The number of hydrogen-bond acceptors (Lipinski definition) is 4. The maximum Gasteiger partial charge on any atom is 0.244 e. The molecule has 0 aromatic heterocycles. The minimum Gasteiger partial charge on any atom is -0.409 e. The van der Waals surface area contributed by atoms with Gasteiger partial charge in [-0.15, -0.1) is 0 Å². The van der Waals surface area contributed by atoms with Crippen molar-refractivity contribution in [2.45, 2.75) is 24.8 Å². The molecule has 112 valence electrons. The highest BCUT2D eigenvalue weighted by Crippen LogP contribution is 2.31. The molecule has 9 heteroatoms. The highest BCUT2D eigenvalue weighted by molar-refractivity contribution is 9.11. The fraction of sp³-hybridized carbons (Fsp3) is 0.364. The van der Waals surface area contributed by atoms with Gasteiger partial charge in [0, 0.05) is 16.0 Å². The van der Waals surface area contributed by atoms with Crippen LogP contribution in [0, 0.1) is 6.92 Å². The van der Waals surface area contributed by atoms with Crippen LogP contribution in [-0.2, 0) is 10.0 Å². The maximum absolute atomic E-state index is 12.6. The number of rotatable bonds is 4. The summed E-state index contributed by atoms with van der Waals surface area (Å²) >= 11 is 6.56. The van der Waals surface area contributed by atoms with E-state index in [1.165, 1.54) is 20.0 Å². The molecule has 0 spiro atoms. The van der Waals surface area contributed by atoms with E-state index in [1.807, 2.05) is 6.92 Å².